The van der Waals surface area contributed by atoms with Gasteiger partial charge in [-0.25, -0.2) is 0 Å². The molecule has 0 saturated heterocycles. The third-order valence-electron chi connectivity index (χ3n) is 6.68. The summed E-state index contributed by atoms with van der Waals surface area (Å²) >= 11 is 6.14. The van der Waals surface area contributed by atoms with Gasteiger partial charge in [-0.2, -0.15) is 0 Å². The normalized spacial score (nSPS) is 35.3. The first-order valence-electron chi connectivity index (χ1n) is 9.27. The quantitative estimate of drug-likeness (QED) is 0.759. The highest BCUT2D eigenvalue weighted by Gasteiger charge is 2.53. The summed E-state index contributed by atoms with van der Waals surface area (Å²) in [4.78, 5) is 12.4. The number of benzene rings is 1. The van der Waals surface area contributed by atoms with Crippen molar-refractivity contribution < 1.29 is 4.79 Å². The van der Waals surface area contributed by atoms with Crippen LogP contribution in [0.1, 0.15) is 51.0 Å². The third-order valence-corrected chi connectivity index (χ3v) is 7.03. The van der Waals surface area contributed by atoms with Gasteiger partial charge in [-0.3, -0.25) is 4.79 Å². The maximum Gasteiger partial charge on any atom is 0.244 e. The Hall–Kier alpha value is -1.28. The highest BCUT2D eigenvalue weighted by molar-refractivity contribution is 6.32. The van der Waals surface area contributed by atoms with Crippen molar-refractivity contribution in [2.45, 2.75) is 51.5 Å². The minimum atomic E-state index is -0.00170. The molecular formula is C21H26ClNO. The van der Waals surface area contributed by atoms with Crippen LogP contribution in [0.25, 0.3) is 6.08 Å². The lowest BCUT2D eigenvalue weighted by atomic mass is 9.48. The molecule has 1 atom stereocenters. The fourth-order valence-electron chi connectivity index (χ4n) is 5.90. The predicted octanol–water partition coefficient (Wildman–Crippen LogP) is 5.07. The molecule has 0 spiro atoms. The molecular weight excluding hydrogens is 318 g/mol. The Bertz CT molecular complexity index is 630. The van der Waals surface area contributed by atoms with Gasteiger partial charge in [0.15, 0.2) is 0 Å². The zero-order valence-corrected chi connectivity index (χ0v) is 15.1. The molecule has 24 heavy (non-hydrogen) atoms. The number of rotatable bonds is 4. The molecule has 4 aliphatic rings. The van der Waals surface area contributed by atoms with Gasteiger partial charge in [-0.1, -0.05) is 29.8 Å². The topological polar surface area (TPSA) is 29.1 Å². The van der Waals surface area contributed by atoms with Crippen LogP contribution in [0.15, 0.2) is 30.3 Å². The van der Waals surface area contributed by atoms with Crippen LogP contribution in [0.5, 0.6) is 0 Å². The molecule has 2 nitrogen and oxygen atoms in total. The average molecular weight is 344 g/mol. The second-order valence-electron chi connectivity index (χ2n) is 8.37. The van der Waals surface area contributed by atoms with Crippen LogP contribution in [0, 0.1) is 23.2 Å². The molecule has 1 aromatic rings. The van der Waals surface area contributed by atoms with Gasteiger partial charge in [0.25, 0.3) is 0 Å². The zero-order valence-electron chi connectivity index (χ0n) is 14.3. The number of nitrogens with one attached hydrogen (secondary N) is 1. The van der Waals surface area contributed by atoms with Crippen LogP contribution in [0.4, 0.5) is 0 Å². The number of hydrogen-bond donors (Lipinski definition) is 1. The van der Waals surface area contributed by atoms with Crippen molar-refractivity contribution in [1.82, 2.24) is 5.32 Å². The molecule has 1 aromatic carbocycles. The second kappa shape index (κ2) is 6.22. The van der Waals surface area contributed by atoms with Gasteiger partial charge in [0.05, 0.1) is 0 Å². The fourth-order valence-corrected chi connectivity index (χ4v) is 6.10. The molecule has 0 aromatic heterocycles. The van der Waals surface area contributed by atoms with E-state index in [0.29, 0.717) is 10.4 Å². The van der Waals surface area contributed by atoms with Gasteiger partial charge in [-0.05, 0) is 86.3 Å². The molecule has 1 amide bonds. The molecule has 5 rings (SSSR count). The van der Waals surface area contributed by atoms with E-state index in [1.54, 1.807) is 6.08 Å². The Morgan fingerprint density at radius 3 is 2.33 bits per heavy atom. The Labute approximate surface area is 149 Å². The molecule has 0 aliphatic heterocycles. The number of hydrogen-bond acceptors (Lipinski definition) is 1. The Balaban J connectivity index is 1.42. The van der Waals surface area contributed by atoms with Crippen molar-refractivity contribution in [2.24, 2.45) is 23.2 Å². The molecule has 3 heteroatoms. The van der Waals surface area contributed by atoms with Gasteiger partial charge < -0.3 is 5.32 Å². The molecule has 128 valence electrons. The van der Waals surface area contributed by atoms with E-state index in [1.807, 2.05) is 30.3 Å². The minimum absolute atomic E-state index is 0.00170. The molecule has 0 radical (unpaired) electrons. The summed E-state index contributed by atoms with van der Waals surface area (Å²) in [5, 5.41) is 3.93. The maximum atomic E-state index is 12.4. The summed E-state index contributed by atoms with van der Waals surface area (Å²) in [5.74, 6) is 2.73. The van der Waals surface area contributed by atoms with E-state index in [4.69, 9.17) is 11.6 Å². The molecule has 4 aliphatic carbocycles. The highest BCUT2D eigenvalue weighted by Crippen LogP contribution is 2.61. The van der Waals surface area contributed by atoms with E-state index in [0.717, 1.165) is 23.3 Å². The minimum Gasteiger partial charge on any atom is -0.350 e. The van der Waals surface area contributed by atoms with Gasteiger partial charge in [0.1, 0.15) is 0 Å². The molecule has 0 unspecified atom stereocenters. The summed E-state index contributed by atoms with van der Waals surface area (Å²) in [6.07, 6.45) is 11.7. The van der Waals surface area contributed by atoms with Crippen LogP contribution in [0.3, 0.4) is 0 Å². The standard InChI is InChI=1S/C21H26ClNO/c1-14(21-11-15-8-16(12-21)10-17(9-15)13-21)23-20(24)7-6-18-4-2-3-5-19(18)22/h2-7,14-17H,8-13H2,1H3,(H,23,24)/b7-6+/t14-,15?,16?,17?,21?/m1/s1. The van der Waals surface area contributed by atoms with Crippen LogP contribution >= 0.6 is 11.6 Å². The van der Waals surface area contributed by atoms with Gasteiger partial charge >= 0.3 is 0 Å². The second-order valence-corrected chi connectivity index (χ2v) is 8.77. The summed E-state index contributed by atoms with van der Waals surface area (Å²) in [7, 11) is 0. The lowest BCUT2D eigenvalue weighted by molar-refractivity contribution is -0.121. The summed E-state index contributed by atoms with van der Waals surface area (Å²) < 4.78 is 0. The fraction of sp³-hybridized carbons (Fsp3) is 0.571. The molecule has 4 saturated carbocycles. The molecule has 4 fully saturated rings. The van der Waals surface area contributed by atoms with Crippen molar-refractivity contribution in [3.05, 3.63) is 40.9 Å². The number of halogens is 1. The van der Waals surface area contributed by atoms with Crippen molar-refractivity contribution >= 4 is 23.6 Å². The monoisotopic (exact) mass is 343 g/mol. The summed E-state index contributed by atoms with van der Waals surface area (Å²) in [5.41, 5.74) is 1.24. The van der Waals surface area contributed by atoms with E-state index in [2.05, 4.69) is 12.2 Å². The number of carbonyl (C=O) groups is 1. The molecule has 0 heterocycles. The zero-order chi connectivity index (χ0) is 16.7. The van der Waals surface area contributed by atoms with E-state index in [9.17, 15) is 4.79 Å². The van der Waals surface area contributed by atoms with Crippen LogP contribution in [0.2, 0.25) is 5.02 Å². The van der Waals surface area contributed by atoms with Crippen LogP contribution in [-0.4, -0.2) is 11.9 Å². The van der Waals surface area contributed by atoms with Crippen molar-refractivity contribution in [3.63, 3.8) is 0 Å². The first kappa shape index (κ1) is 16.2. The molecule has 4 bridgehead atoms. The van der Waals surface area contributed by atoms with E-state index in [-0.39, 0.29) is 11.9 Å². The van der Waals surface area contributed by atoms with Gasteiger partial charge in [0, 0.05) is 17.1 Å². The lowest BCUT2D eigenvalue weighted by Gasteiger charge is -2.59. The number of carbonyl (C=O) groups excluding carboxylic acids is 1. The Morgan fingerprint density at radius 1 is 1.17 bits per heavy atom. The van der Waals surface area contributed by atoms with E-state index < -0.39 is 0 Å². The van der Waals surface area contributed by atoms with Crippen LogP contribution in [-0.2, 0) is 4.79 Å². The van der Waals surface area contributed by atoms with Crippen molar-refractivity contribution in [1.29, 1.82) is 0 Å². The first-order valence-corrected chi connectivity index (χ1v) is 9.65. The largest absolute Gasteiger partial charge is 0.350 e. The van der Waals surface area contributed by atoms with Gasteiger partial charge in [0.2, 0.25) is 5.91 Å². The van der Waals surface area contributed by atoms with Crippen molar-refractivity contribution in [3.8, 4) is 0 Å². The Kier molecular flexibility index (Phi) is 4.20. The smallest absolute Gasteiger partial charge is 0.244 e. The SMILES string of the molecule is C[C@@H](NC(=O)/C=C/c1ccccc1Cl)C12CC3CC(CC(C3)C1)C2. The highest BCUT2D eigenvalue weighted by atomic mass is 35.5. The summed E-state index contributed by atoms with van der Waals surface area (Å²) in [6.45, 7) is 2.22. The average Bonchev–Trinajstić information content (AvgIpc) is 2.53. The van der Waals surface area contributed by atoms with Gasteiger partial charge in [-0.15, -0.1) is 0 Å². The lowest BCUT2D eigenvalue weighted by Crippen LogP contribution is -2.55. The summed E-state index contributed by atoms with van der Waals surface area (Å²) in [6, 6.07) is 7.86. The van der Waals surface area contributed by atoms with E-state index in [1.165, 1.54) is 38.5 Å². The van der Waals surface area contributed by atoms with E-state index >= 15 is 0 Å². The number of amides is 1. The maximum absolute atomic E-state index is 12.4. The first-order chi connectivity index (χ1) is 11.5. The predicted molar refractivity (Wildman–Crippen MR) is 98.7 cm³/mol. The van der Waals surface area contributed by atoms with Crippen molar-refractivity contribution in [2.75, 3.05) is 0 Å². The third kappa shape index (κ3) is 3.01. The van der Waals surface area contributed by atoms with Crippen LogP contribution < -0.4 is 5.32 Å². The Morgan fingerprint density at radius 2 is 1.75 bits per heavy atom. The molecule has 1 N–H and O–H groups in total.